The van der Waals surface area contributed by atoms with Crippen LogP contribution in [0.3, 0.4) is 0 Å². The fourth-order valence-corrected chi connectivity index (χ4v) is 2.50. The van der Waals surface area contributed by atoms with Crippen LogP contribution in [0, 0.1) is 0 Å². The summed E-state index contributed by atoms with van der Waals surface area (Å²) in [6.45, 7) is 1.72. The van der Waals surface area contributed by atoms with Crippen LogP contribution in [0.25, 0.3) is 0 Å². The molecule has 1 saturated heterocycles. The Labute approximate surface area is 106 Å². The van der Waals surface area contributed by atoms with Crippen LogP contribution in [0.2, 0.25) is 0 Å². The molecule has 90 valence electrons. The molecule has 1 amide bonds. The molecule has 3 nitrogen and oxygen atoms in total. The minimum atomic E-state index is 0. The third-order valence-corrected chi connectivity index (χ3v) is 3.56. The molecule has 1 aliphatic heterocycles. The average molecular weight is 261 g/mol. The normalized spacial score (nSPS) is 19.1. The summed E-state index contributed by atoms with van der Waals surface area (Å²) in [7, 11) is 0. The van der Waals surface area contributed by atoms with Crippen LogP contribution in [0.15, 0.2) is 17.5 Å². The summed E-state index contributed by atoms with van der Waals surface area (Å²) in [6.07, 6.45) is 3.03. The fourth-order valence-electron chi connectivity index (χ4n) is 1.80. The summed E-state index contributed by atoms with van der Waals surface area (Å²) >= 11 is 1.74. The van der Waals surface area contributed by atoms with E-state index < -0.39 is 0 Å². The zero-order valence-electron chi connectivity index (χ0n) is 9.07. The first-order valence-corrected chi connectivity index (χ1v) is 6.28. The Kier molecular flexibility index (Phi) is 5.80. The van der Waals surface area contributed by atoms with Crippen molar-refractivity contribution in [3.63, 3.8) is 0 Å². The fraction of sp³-hybridized carbons (Fsp3) is 0.545. The van der Waals surface area contributed by atoms with Crippen molar-refractivity contribution in [1.29, 1.82) is 0 Å². The molecule has 0 unspecified atom stereocenters. The lowest BCUT2D eigenvalue weighted by molar-refractivity contribution is -0.122. The van der Waals surface area contributed by atoms with Gasteiger partial charge in [-0.2, -0.15) is 0 Å². The van der Waals surface area contributed by atoms with Gasteiger partial charge in [-0.15, -0.1) is 23.7 Å². The summed E-state index contributed by atoms with van der Waals surface area (Å²) in [5.41, 5.74) is 0. The first-order chi connectivity index (χ1) is 7.36. The molecule has 16 heavy (non-hydrogen) atoms. The van der Waals surface area contributed by atoms with Crippen molar-refractivity contribution in [3.8, 4) is 0 Å². The van der Waals surface area contributed by atoms with Crippen LogP contribution in [0.4, 0.5) is 0 Å². The summed E-state index contributed by atoms with van der Waals surface area (Å²) in [5, 5.41) is 8.22. The molecule has 2 rings (SSSR count). The van der Waals surface area contributed by atoms with Crippen LogP contribution < -0.4 is 10.6 Å². The van der Waals surface area contributed by atoms with Crippen molar-refractivity contribution < 1.29 is 4.79 Å². The Morgan fingerprint density at radius 1 is 1.62 bits per heavy atom. The molecule has 1 aromatic rings. The van der Waals surface area contributed by atoms with Crippen LogP contribution in [0.5, 0.6) is 0 Å². The van der Waals surface area contributed by atoms with E-state index in [4.69, 9.17) is 0 Å². The van der Waals surface area contributed by atoms with Crippen molar-refractivity contribution in [2.24, 2.45) is 0 Å². The smallest absolute Gasteiger partial charge is 0.237 e. The molecule has 0 aromatic carbocycles. The second kappa shape index (κ2) is 6.89. The van der Waals surface area contributed by atoms with Gasteiger partial charge in [-0.1, -0.05) is 6.07 Å². The van der Waals surface area contributed by atoms with Gasteiger partial charge in [0.1, 0.15) is 0 Å². The zero-order chi connectivity index (χ0) is 10.5. The number of carbonyl (C=O) groups is 1. The number of thiophene rings is 1. The van der Waals surface area contributed by atoms with Crippen molar-refractivity contribution in [2.45, 2.75) is 25.3 Å². The van der Waals surface area contributed by atoms with Gasteiger partial charge in [-0.25, -0.2) is 0 Å². The van der Waals surface area contributed by atoms with Crippen LogP contribution in [-0.4, -0.2) is 25.0 Å². The minimum Gasteiger partial charge on any atom is -0.354 e. The summed E-state index contributed by atoms with van der Waals surface area (Å²) in [6, 6.07) is 4.19. The third-order valence-electron chi connectivity index (χ3n) is 2.63. The topological polar surface area (TPSA) is 41.1 Å². The van der Waals surface area contributed by atoms with Gasteiger partial charge in [0.25, 0.3) is 0 Å². The average Bonchev–Trinajstić information content (AvgIpc) is 2.90. The molecule has 1 aliphatic rings. The van der Waals surface area contributed by atoms with Gasteiger partial charge in [0.05, 0.1) is 6.04 Å². The molecule has 0 saturated carbocycles. The maximum Gasteiger partial charge on any atom is 0.237 e. The van der Waals surface area contributed by atoms with E-state index in [2.05, 4.69) is 22.1 Å². The van der Waals surface area contributed by atoms with Crippen LogP contribution in [0.1, 0.15) is 17.7 Å². The highest BCUT2D eigenvalue weighted by Gasteiger charge is 2.21. The molecule has 0 aliphatic carbocycles. The second-order valence-electron chi connectivity index (χ2n) is 3.77. The highest BCUT2D eigenvalue weighted by atomic mass is 35.5. The van der Waals surface area contributed by atoms with Gasteiger partial charge < -0.3 is 10.6 Å². The van der Waals surface area contributed by atoms with Gasteiger partial charge in [0.15, 0.2) is 0 Å². The van der Waals surface area contributed by atoms with E-state index in [1.54, 1.807) is 11.3 Å². The van der Waals surface area contributed by atoms with E-state index in [1.165, 1.54) is 4.88 Å². The zero-order valence-corrected chi connectivity index (χ0v) is 10.7. The van der Waals surface area contributed by atoms with E-state index in [-0.39, 0.29) is 24.4 Å². The molecule has 0 spiro atoms. The largest absolute Gasteiger partial charge is 0.354 e. The molecule has 0 bridgehead atoms. The minimum absolute atomic E-state index is 0. The molecule has 5 heteroatoms. The molecule has 0 radical (unpaired) electrons. The van der Waals surface area contributed by atoms with Crippen molar-refractivity contribution in [1.82, 2.24) is 10.6 Å². The molecule has 2 heterocycles. The molecule has 2 N–H and O–H groups in total. The van der Waals surface area contributed by atoms with Gasteiger partial charge >= 0.3 is 0 Å². The third kappa shape index (κ3) is 3.77. The van der Waals surface area contributed by atoms with Crippen molar-refractivity contribution >= 4 is 29.7 Å². The van der Waals surface area contributed by atoms with E-state index >= 15 is 0 Å². The van der Waals surface area contributed by atoms with Crippen molar-refractivity contribution in [3.05, 3.63) is 22.4 Å². The lowest BCUT2D eigenvalue weighted by atomic mass is 10.2. The van der Waals surface area contributed by atoms with Crippen molar-refractivity contribution in [2.75, 3.05) is 13.1 Å². The van der Waals surface area contributed by atoms with Gasteiger partial charge in [-0.3, -0.25) is 4.79 Å². The predicted molar refractivity (Wildman–Crippen MR) is 69.3 cm³/mol. The Balaban J connectivity index is 0.00000128. The molecule has 1 aromatic heterocycles. The Morgan fingerprint density at radius 3 is 3.12 bits per heavy atom. The van der Waals surface area contributed by atoms with Gasteiger partial charge in [-0.05, 0) is 37.3 Å². The number of hydrogen-bond acceptors (Lipinski definition) is 3. The first kappa shape index (κ1) is 13.5. The number of amides is 1. The quantitative estimate of drug-likeness (QED) is 0.863. The summed E-state index contributed by atoms with van der Waals surface area (Å²) < 4.78 is 0. The highest BCUT2D eigenvalue weighted by Crippen LogP contribution is 2.08. The lowest BCUT2D eigenvalue weighted by Crippen LogP contribution is -2.41. The number of carbonyl (C=O) groups excluding carboxylic acids is 1. The summed E-state index contributed by atoms with van der Waals surface area (Å²) in [5.74, 6) is 0.157. The molecular weight excluding hydrogens is 244 g/mol. The van der Waals surface area contributed by atoms with E-state index in [1.807, 2.05) is 6.07 Å². The maximum absolute atomic E-state index is 11.6. The van der Waals surface area contributed by atoms with Gasteiger partial charge in [0.2, 0.25) is 5.91 Å². The highest BCUT2D eigenvalue weighted by molar-refractivity contribution is 7.09. The van der Waals surface area contributed by atoms with E-state index in [0.717, 1.165) is 32.4 Å². The van der Waals surface area contributed by atoms with Crippen LogP contribution in [-0.2, 0) is 11.2 Å². The van der Waals surface area contributed by atoms with E-state index in [9.17, 15) is 4.79 Å². The summed E-state index contributed by atoms with van der Waals surface area (Å²) in [4.78, 5) is 12.9. The SMILES string of the molecule is Cl.O=C(NCCc1cccs1)[C@@H]1CCCN1. The Bertz CT molecular complexity index is 310. The number of rotatable bonds is 4. The standard InChI is InChI=1S/C11H16N2OS.ClH/c14-11(10-4-1-6-12-10)13-7-5-9-3-2-8-15-9;/h2-3,8,10,12H,1,4-7H2,(H,13,14);1H/t10-;/m0./s1. The molecule has 1 fully saturated rings. The number of halogens is 1. The monoisotopic (exact) mass is 260 g/mol. The van der Waals surface area contributed by atoms with Crippen LogP contribution >= 0.6 is 23.7 Å². The van der Waals surface area contributed by atoms with E-state index in [0.29, 0.717) is 0 Å². The first-order valence-electron chi connectivity index (χ1n) is 5.40. The number of hydrogen-bond donors (Lipinski definition) is 2. The Morgan fingerprint density at radius 2 is 2.50 bits per heavy atom. The Hall–Kier alpha value is -0.580. The number of nitrogens with one attached hydrogen (secondary N) is 2. The predicted octanol–water partition coefficient (Wildman–Crippen LogP) is 1.58. The van der Waals surface area contributed by atoms with Gasteiger partial charge in [0, 0.05) is 11.4 Å². The second-order valence-corrected chi connectivity index (χ2v) is 4.80. The lowest BCUT2D eigenvalue weighted by Gasteiger charge is -2.10. The molecule has 1 atom stereocenters. The maximum atomic E-state index is 11.6. The molecular formula is C11H17ClN2OS.